The zero-order chi connectivity index (χ0) is 24.5. The molecule has 7 nitrogen and oxygen atoms in total. The first-order chi connectivity index (χ1) is 17.1. The first-order valence-electron chi connectivity index (χ1n) is 12.5. The van der Waals surface area contributed by atoms with Gasteiger partial charge in [-0.2, -0.15) is 0 Å². The van der Waals surface area contributed by atoms with E-state index in [1.54, 1.807) is 6.08 Å². The Morgan fingerprint density at radius 3 is 2.34 bits per heavy atom. The van der Waals surface area contributed by atoms with Crippen LogP contribution in [-0.4, -0.2) is 66.3 Å². The summed E-state index contributed by atoms with van der Waals surface area (Å²) in [4.78, 5) is 27.3. The molecule has 3 atom stereocenters. The third kappa shape index (κ3) is 7.49. The topological polar surface area (TPSA) is 90.9 Å². The molecule has 1 fully saturated rings. The number of amides is 2. The van der Waals surface area contributed by atoms with Crippen LogP contribution in [0.25, 0.3) is 11.1 Å². The van der Waals surface area contributed by atoms with Crippen molar-refractivity contribution in [2.24, 2.45) is 0 Å². The Bertz CT molecular complexity index is 987. The SMILES string of the molecule is O=C(C[C@@H]1C=C[C@@H](NC(=O)CCN2CCCCC2)[C@H](CO)O1)Nc1ccc(-c2ccccc2)cc1. The Morgan fingerprint density at radius 1 is 0.914 bits per heavy atom. The van der Waals surface area contributed by atoms with Crippen molar-refractivity contribution in [3.8, 4) is 11.1 Å². The number of rotatable bonds is 9. The molecule has 2 aliphatic rings. The van der Waals surface area contributed by atoms with E-state index in [1.807, 2.05) is 60.7 Å². The number of aliphatic hydroxyl groups excluding tert-OH is 1. The van der Waals surface area contributed by atoms with E-state index in [1.165, 1.54) is 19.3 Å². The van der Waals surface area contributed by atoms with Gasteiger partial charge in [-0.3, -0.25) is 9.59 Å². The van der Waals surface area contributed by atoms with Gasteiger partial charge in [0.25, 0.3) is 0 Å². The molecule has 0 saturated carbocycles. The van der Waals surface area contributed by atoms with Crippen molar-refractivity contribution in [2.45, 2.75) is 50.4 Å². The first kappa shape index (κ1) is 25.1. The van der Waals surface area contributed by atoms with E-state index >= 15 is 0 Å². The second-order valence-electron chi connectivity index (χ2n) is 9.22. The number of carbonyl (C=O) groups excluding carboxylic acids is 2. The number of likely N-dealkylation sites (tertiary alicyclic amines) is 1. The molecule has 0 bridgehead atoms. The quantitative estimate of drug-likeness (QED) is 0.482. The minimum atomic E-state index is -0.582. The van der Waals surface area contributed by atoms with Crippen LogP contribution in [0.4, 0.5) is 5.69 Å². The van der Waals surface area contributed by atoms with E-state index in [-0.39, 0.29) is 24.8 Å². The Kier molecular flexibility index (Phi) is 9.06. The maximum Gasteiger partial charge on any atom is 0.227 e. The molecule has 0 spiro atoms. The number of piperidine rings is 1. The zero-order valence-corrected chi connectivity index (χ0v) is 20.1. The average molecular weight is 478 g/mol. The van der Waals surface area contributed by atoms with Gasteiger partial charge in [-0.15, -0.1) is 0 Å². The molecule has 2 aromatic rings. The van der Waals surface area contributed by atoms with Crippen molar-refractivity contribution >= 4 is 17.5 Å². The smallest absolute Gasteiger partial charge is 0.227 e. The summed E-state index contributed by atoms with van der Waals surface area (Å²) in [5, 5.41) is 15.7. The highest BCUT2D eigenvalue weighted by Gasteiger charge is 2.29. The lowest BCUT2D eigenvalue weighted by atomic mass is 10.0. The van der Waals surface area contributed by atoms with Crippen LogP contribution in [0.5, 0.6) is 0 Å². The van der Waals surface area contributed by atoms with Crippen LogP contribution in [0.1, 0.15) is 32.1 Å². The number of hydrogen-bond donors (Lipinski definition) is 3. The maximum atomic E-state index is 12.6. The van der Waals surface area contributed by atoms with Crippen molar-refractivity contribution in [1.29, 1.82) is 0 Å². The monoisotopic (exact) mass is 477 g/mol. The molecular formula is C28H35N3O4. The highest BCUT2D eigenvalue weighted by molar-refractivity contribution is 5.91. The summed E-state index contributed by atoms with van der Waals surface area (Å²) in [6.45, 7) is 2.63. The average Bonchev–Trinajstić information content (AvgIpc) is 2.90. The van der Waals surface area contributed by atoms with Crippen molar-refractivity contribution in [3.63, 3.8) is 0 Å². The molecule has 2 aromatic carbocycles. The summed E-state index contributed by atoms with van der Waals surface area (Å²) < 4.78 is 5.91. The summed E-state index contributed by atoms with van der Waals surface area (Å²) in [6, 6.07) is 17.4. The Labute approximate surface area is 207 Å². The molecule has 0 aromatic heterocycles. The summed E-state index contributed by atoms with van der Waals surface area (Å²) in [5.74, 6) is -0.227. The lowest BCUT2D eigenvalue weighted by molar-refractivity contribution is -0.126. The molecule has 186 valence electrons. The van der Waals surface area contributed by atoms with Gasteiger partial charge in [-0.25, -0.2) is 0 Å². The Morgan fingerprint density at radius 2 is 1.63 bits per heavy atom. The maximum absolute atomic E-state index is 12.6. The van der Waals surface area contributed by atoms with Crippen molar-refractivity contribution < 1.29 is 19.4 Å². The van der Waals surface area contributed by atoms with Crippen molar-refractivity contribution in [2.75, 3.05) is 31.6 Å². The first-order valence-corrected chi connectivity index (χ1v) is 12.5. The van der Waals surface area contributed by atoms with Gasteiger partial charge in [0.2, 0.25) is 11.8 Å². The number of benzene rings is 2. The van der Waals surface area contributed by atoms with Crippen LogP contribution in [-0.2, 0) is 14.3 Å². The number of nitrogens with zero attached hydrogens (tertiary/aromatic N) is 1. The van der Waals surface area contributed by atoms with E-state index in [4.69, 9.17) is 4.74 Å². The van der Waals surface area contributed by atoms with Crippen LogP contribution in [0.2, 0.25) is 0 Å². The van der Waals surface area contributed by atoms with Crippen LogP contribution >= 0.6 is 0 Å². The van der Waals surface area contributed by atoms with Gasteiger partial charge in [0.05, 0.1) is 25.2 Å². The van der Waals surface area contributed by atoms with Crippen LogP contribution in [0.15, 0.2) is 66.7 Å². The summed E-state index contributed by atoms with van der Waals surface area (Å²) >= 11 is 0. The standard InChI is InChI=1S/C28H35N3O4/c32-20-26-25(30-27(33)15-18-31-16-5-2-6-17-31)14-13-24(35-26)19-28(34)29-23-11-9-22(10-12-23)21-7-3-1-4-8-21/h1,3-4,7-14,24-26,32H,2,5-6,15-20H2,(H,29,34)(H,30,33)/t24-,25+,26-/m0/s1. The second-order valence-corrected chi connectivity index (χ2v) is 9.22. The van der Waals surface area contributed by atoms with E-state index in [2.05, 4.69) is 15.5 Å². The molecule has 1 saturated heterocycles. The number of aliphatic hydroxyl groups is 1. The summed E-state index contributed by atoms with van der Waals surface area (Å²) in [7, 11) is 0. The number of hydrogen-bond acceptors (Lipinski definition) is 5. The minimum absolute atomic E-state index is 0.0533. The van der Waals surface area contributed by atoms with E-state index in [0.29, 0.717) is 12.1 Å². The molecule has 0 unspecified atom stereocenters. The third-order valence-electron chi connectivity index (χ3n) is 6.56. The highest BCUT2D eigenvalue weighted by atomic mass is 16.5. The molecule has 2 heterocycles. The van der Waals surface area contributed by atoms with Gasteiger partial charge in [-0.1, -0.05) is 61.0 Å². The Hall–Kier alpha value is -3.00. The molecule has 4 rings (SSSR count). The van der Waals surface area contributed by atoms with Gasteiger partial charge < -0.3 is 25.4 Å². The molecule has 7 heteroatoms. The fourth-order valence-electron chi connectivity index (χ4n) is 4.61. The third-order valence-corrected chi connectivity index (χ3v) is 6.56. The summed E-state index contributed by atoms with van der Waals surface area (Å²) in [5.41, 5.74) is 2.92. The van der Waals surface area contributed by atoms with Crippen LogP contribution < -0.4 is 10.6 Å². The van der Waals surface area contributed by atoms with Crippen LogP contribution in [0.3, 0.4) is 0 Å². The highest BCUT2D eigenvalue weighted by Crippen LogP contribution is 2.22. The molecule has 0 aliphatic carbocycles. The predicted molar refractivity (Wildman–Crippen MR) is 137 cm³/mol. The predicted octanol–water partition coefficient (Wildman–Crippen LogP) is 3.36. The number of nitrogens with one attached hydrogen (secondary N) is 2. The van der Waals surface area contributed by atoms with Gasteiger partial charge in [0.15, 0.2) is 0 Å². The number of anilines is 1. The fourth-order valence-corrected chi connectivity index (χ4v) is 4.61. The normalized spacial score (nSPS) is 22.5. The van der Waals surface area contributed by atoms with Crippen LogP contribution in [0, 0.1) is 0 Å². The molecular weight excluding hydrogens is 442 g/mol. The van der Waals surface area contributed by atoms with Gasteiger partial charge >= 0.3 is 0 Å². The zero-order valence-electron chi connectivity index (χ0n) is 20.1. The van der Waals surface area contributed by atoms with Crippen molar-refractivity contribution in [3.05, 3.63) is 66.7 Å². The minimum Gasteiger partial charge on any atom is -0.394 e. The lowest BCUT2D eigenvalue weighted by Crippen LogP contribution is -2.49. The molecule has 2 amide bonds. The summed E-state index contributed by atoms with van der Waals surface area (Å²) in [6.07, 6.45) is 6.79. The molecule has 35 heavy (non-hydrogen) atoms. The van der Waals surface area contributed by atoms with Gasteiger partial charge in [-0.05, 0) is 49.2 Å². The fraction of sp³-hybridized carbons (Fsp3) is 0.429. The van der Waals surface area contributed by atoms with Crippen molar-refractivity contribution in [1.82, 2.24) is 10.2 Å². The lowest BCUT2D eigenvalue weighted by Gasteiger charge is -2.32. The molecule has 2 aliphatic heterocycles. The van der Waals surface area contributed by atoms with Gasteiger partial charge in [0.1, 0.15) is 6.10 Å². The van der Waals surface area contributed by atoms with Gasteiger partial charge in [0, 0.05) is 18.7 Å². The van der Waals surface area contributed by atoms with E-state index in [9.17, 15) is 14.7 Å². The Balaban J connectivity index is 1.24. The number of ether oxygens (including phenoxy) is 1. The van der Waals surface area contributed by atoms with E-state index < -0.39 is 18.2 Å². The largest absolute Gasteiger partial charge is 0.394 e. The molecule has 0 radical (unpaired) electrons. The van der Waals surface area contributed by atoms with E-state index in [0.717, 1.165) is 30.8 Å². The number of carbonyl (C=O) groups is 2. The molecule has 3 N–H and O–H groups in total. The second kappa shape index (κ2) is 12.6.